The first kappa shape index (κ1) is 36.1. The summed E-state index contributed by atoms with van der Waals surface area (Å²) in [6.07, 6.45) is 3.37. The van der Waals surface area contributed by atoms with E-state index >= 15 is 0 Å². The van der Waals surface area contributed by atoms with Crippen LogP contribution in [0, 0.1) is 33.9 Å². The van der Waals surface area contributed by atoms with E-state index < -0.39 is 23.4 Å². The van der Waals surface area contributed by atoms with Crippen LogP contribution in [0.25, 0.3) is 9.69 Å². The van der Waals surface area contributed by atoms with E-state index in [0.29, 0.717) is 39.4 Å². The van der Waals surface area contributed by atoms with Crippen LogP contribution in [-0.4, -0.2) is 38.3 Å². The predicted molar refractivity (Wildman–Crippen MR) is 169 cm³/mol. The fourth-order valence-electron chi connectivity index (χ4n) is 2.93. The molecular weight excluding hydrogens is 572 g/mol. The van der Waals surface area contributed by atoms with Crippen molar-refractivity contribution in [2.24, 2.45) is 0 Å². The Morgan fingerprint density at radius 2 is 1.14 bits per heavy atom. The Morgan fingerprint density at radius 1 is 0.744 bits per heavy atom. The summed E-state index contributed by atoms with van der Waals surface area (Å²) in [5, 5.41) is 5.57. The average Bonchev–Trinajstić information content (AvgIpc) is 2.85. The van der Waals surface area contributed by atoms with E-state index in [2.05, 4.69) is 35.3 Å². The van der Waals surface area contributed by atoms with Crippen LogP contribution < -0.4 is 16.4 Å². The van der Waals surface area contributed by atoms with Crippen molar-refractivity contribution in [2.75, 3.05) is 16.4 Å². The largest absolute Gasteiger partial charge is 0.444 e. The average molecular weight is 609 g/mol. The fraction of sp³-hybridized carbons (Fsp3) is 0.367. The number of nitrogens with zero attached hydrogens (tertiary/aromatic N) is 5. The van der Waals surface area contributed by atoms with Gasteiger partial charge in [0.15, 0.2) is 0 Å². The zero-order chi connectivity index (χ0) is 33.0. The van der Waals surface area contributed by atoms with Crippen LogP contribution in [0.15, 0.2) is 36.8 Å². The molecule has 0 aromatic carbocycles. The normalized spacial score (nSPS) is 10.3. The molecule has 3 aromatic heterocycles. The predicted octanol–water partition coefficient (Wildman–Crippen LogP) is 8.20. The summed E-state index contributed by atoms with van der Waals surface area (Å²) in [5.74, 6) is 0.758. The number of hydrogen-bond acceptors (Lipinski definition) is 8. The maximum Gasteiger partial charge on any atom is 0.412 e. The second kappa shape index (κ2) is 15.9. The van der Waals surface area contributed by atoms with Gasteiger partial charge in [-0.15, -0.1) is 9.97 Å². The Hall–Kier alpha value is -4.94. The Bertz CT molecular complexity index is 1520. The minimum atomic E-state index is -0.539. The number of ether oxygens (including phenoxy) is 2. The molecule has 0 atom stereocenters. The summed E-state index contributed by atoms with van der Waals surface area (Å²) in [4.78, 5) is 41.0. The van der Waals surface area contributed by atoms with E-state index in [9.17, 15) is 9.59 Å². The molecule has 3 aromatic rings. The molecule has 0 saturated carbocycles. The van der Waals surface area contributed by atoms with Gasteiger partial charge in [0.2, 0.25) is 0 Å². The molecule has 4 N–H and O–H groups in total. The standard InChI is InChI=1S/C12H15N3O2.C11H15ClN2O2.C7H7N3/c1-8-6-9(7-14-10(8)13-5)15-11(16)17-12(2,3)4;1-7-5-8(6-13-9(7)12)14-10(15)16-11(2,3)4;1-5-3-6(8)4-10-7(5)9-2/h6-7H,1-4H3,(H,15,16);5-6H,1-4H3,(H,14,15);3-4H,8H2,1H3. The van der Waals surface area contributed by atoms with Crippen molar-refractivity contribution in [3.63, 3.8) is 0 Å². The smallest absolute Gasteiger partial charge is 0.412 e. The van der Waals surface area contributed by atoms with Crippen LogP contribution in [0.2, 0.25) is 5.15 Å². The minimum absolute atomic E-state index is 0.333. The zero-order valence-corrected chi connectivity index (χ0v) is 26.5. The van der Waals surface area contributed by atoms with Crippen LogP contribution in [0.4, 0.5) is 38.3 Å². The molecule has 3 heterocycles. The maximum atomic E-state index is 11.5. The highest BCUT2D eigenvalue weighted by molar-refractivity contribution is 6.30. The van der Waals surface area contributed by atoms with Crippen LogP contribution in [0.5, 0.6) is 0 Å². The Labute approximate surface area is 257 Å². The van der Waals surface area contributed by atoms with Gasteiger partial charge in [-0.2, -0.15) is 0 Å². The van der Waals surface area contributed by atoms with Crippen LogP contribution in [-0.2, 0) is 9.47 Å². The number of amides is 2. The van der Waals surface area contributed by atoms with Crippen molar-refractivity contribution < 1.29 is 19.1 Å². The zero-order valence-electron chi connectivity index (χ0n) is 25.8. The molecular formula is C30H37ClN8O4. The Morgan fingerprint density at radius 3 is 1.51 bits per heavy atom. The molecule has 2 amide bonds. The first-order valence-electron chi connectivity index (χ1n) is 12.9. The maximum absolute atomic E-state index is 11.5. The fourth-order valence-corrected chi connectivity index (χ4v) is 3.03. The van der Waals surface area contributed by atoms with Gasteiger partial charge in [-0.05, 0) is 97.2 Å². The molecule has 0 aliphatic heterocycles. The lowest BCUT2D eigenvalue weighted by atomic mass is 10.2. The molecule has 0 aliphatic carbocycles. The monoisotopic (exact) mass is 608 g/mol. The van der Waals surface area contributed by atoms with Gasteiger partial charge in [-0.25, -0.2) is 14.6 Å². The van der Waals surface area contributed by atoms with Crippen LogP contribution in [0.3, 0.4) is 0 Å². The first-order chi connectivity index (χ1) is 19.8. The summed E-state index contributed by atoms with van der Waals surface area (Å²) in [6, 6.07) is 5.16. The number of anilines is 3. The van der Waals surface area contributed by atoms with E-state index in [1.165, 1.54) is 18.6 Å². The second-order valence-corrected chi connectivity index (χ2v) is 11.4. The molecule has 0 aliphatic rings. The van der Waals surface area contributed by atoms with Crippen molar-refractivity contribution in [2.45, 2.75) is 73.5 Å². The van der Waals surface area contributed by atoms with Crippen molar-refractivity contribution in [1.29, 1.82) is 0 Å². The summed E-state index contributed by atoms with van der Waals surface area (Å²) in [5.41, 5.74) is 8.39. The Balaban J connectivity index is 0.000000333. The summed E-state index contributed by atoms with van der Waals surface area (Å²) in [6.45, 7) is 29.7. The lowest BCUT2D eigenvalue weighted by Gasteiger charge is -2.19. The van der Waals surface area contributed by atoms with Crippen LogP contribution >= 0.6 is 11.6 Å². The molecule has 0 spiro atoms. The SMILES string of the molecule is Cc1cc(NC(=O)OC(C)(C)C)cnc1Cl.[C-]#[N+]c1ncc(N)cc1C.[C-]#[N+]c1ncc(NC(=O)OC(C)(C)C)cc1C. The molecule has 0 unspecified atom stereocenters. The van der Waals surface area contributed by atoms with Crippen LogP contribution in [0.1, 0.15) is 58.2 Å². The minimum Gasteiger partial charge on any atom is -0.444 e. The molecule has 0 saturated heterocycles. The van der Waals surface area contributed by atoms with Gasteiger partial charge >= 0.3 is 12.2 Å². The first-order valence-corrected chi connectivity index (χ1v) is 13.3. The van der Waals surface area contributed by atoms with Gasteiger partial charge < -0.3 is 24.9 Å². The molecule has 43 heavy (non-hydrogen) atoms. The number of nitrogen functional groups attached to an aromatic ring is 1. The highest BCUT2D eigenvalue weighted by Gasteiger charge is 2.17. The number of hydrogen-bond donors (Lipinski definition) is 3. The lowest BCUT2D eigenvalue weighted by molar-refractivity contribution is 0.0624. The number of nitrogens with two attached hydrogens (primary N) is 1. The van der Waals surface area contributed by atoms with Crippen molar-refractivity contribution in [3.8, 4) is 0 Å². The lowest BCUT2D eigenvalue weighted by Crippen LogP contribution is -2.27. The van der Waals surface area contributed by atoms with Gasteiger partial charge in [-0.1, -0.05) is 24.7 Å². The van der Waals surface area contributed by atoms with Gasteiger partial charge in [0, 0.05) is 0 Å². The van der Waals surface area contributed by atoms with Gasteiger partial charge in [0.25, 0.3) is 11.6 Å². The van der Waals surface area contributed by atoms with E-state index in [-0.39, 0.29) is 0 Å². The van der Waals surface area contributed by atoms with E-state index in [0.717, 1.165) is 11.1 Å². The number of pyridine rings is 3. The quantitative estimate of drug-likeness (QED) is 0.194. The highest BCUT2D eigenvalue weighted by atomic mass is 35.5. The van der Waals surface area contributed by atoms with Crippen molar-refractivity contribution in [1.82, 2.24) is 15.0 Å². The number of rotatable bonds is 2. The molecule has 0 bridgehead atoms. The van der Waals surface area contributed by atoms with Crippen molar-refractivity contribution >= 4 is 52.5 Å². The molecule has 12 nitrogen and oxygen atoms in total. The number of aromatic nitrogens is 3. The van der Waals surface area contributed by atoms with E-state index in [1.807, 2.05) is 13.8 Å². The highest BCUT2D eigenvalue weighted by Crippen LogP contribution is 2.20. The molecule has 0 fully saturated rings. The molecule has 0 radical (unpaired) electrons. The third-order valence-corrected chi connectivity index (χ3v) is 5.03. The number of carbonyl (C=O) groups excluding carboxylic acids is 2. The topological polar surface area (TPSA) is 150 Å². The second-order valence-electron chi connectivity index (χ2n) is 11.1. The number of aryl methyl sites for hydroxylation is 3. The number of nitrogens with one attached hydrogen (secondary N) is 2. The number of carbonyl (C=O) groups is 2. The third kappa shape index (κ3) is 14.5. The summed E-state index contributed by atoms with van der Waals surface area (Å²) < 4.78 is 10.2. The molecule has 228 valence electrons. The van der Waals surface area contributed by atoms with Crippen molar-refractivity contribution in [3.05, 3.63) is 81.5 Å². The van der Waals surface area contributed by atoms with Gasteiger partial charge in [0.1, 0.15) is 28.7 Å². The summed E-state index contributed by atoms with van der Waals surface area (Å²) >= 11 is 5.77. The summed E-state index contributed by atoms with van der Waals surface area (Å²) in [7, 11) is 0. The third-order valence-electron chi connectivity index (χ3n) is 4.64. The van der Waals surface area contributed by atoms with E-state index in [4.69, 9.17) is 40.0 Å². The Kier molecular flexibility index (Phi) is 13.3. The number of halogens is 1. The molecule has 3 rings (SSSR count). The van der Waals surface area contributed by atoms with Gasteiger partial charge in [0.05, 0.1) is 23.3 Å². The molecule has 13 heteroatoms. The van der Waals surface area contributed by atoms with Gasteiger partial charge in [-0.3, -0.25) is 10.6 Å². The van der Waals surface area contributed by atoms with E-state index in [1.54, 1.807) is 66.7 Å².